The molecule has 0 aliphatic carbocycles. The maximum Gasteiger partial charge on any atom is 0.673 e. The van der Waals surface area contributed by atoms with Gasteiger partial charge < -0.3 is 17.3 Å². The Balaban J connectivity index is 0.000000249. The van der Waals surface area contributed by atoms with Crippen molar-refractivity contribution >= 4 is 18.8 Å². The Bertz CT molecular complexity index is 452. The fraction of sp³-hybridized carbons (Fsp3) is 0.111. The molecule has 2 nitrogen and oxygen atoms in total. The first-order chi connectivity index (χ1) is 7.86. The van der Waals surface area contributed by atoms with Crippen LogP contribution >= 0.6 is 11.5 Å². The van der Waals surface area contributed by atoms with E-state index < -0.39 is 7.25 Å². The maximum atomic E-state index is 9.75. The molecule has 0 fully saturated rings. The molecule has 0 radical (unpaired) electrons. The lowest BCUT2D eigenvalue weighted by Crippen LogP contribution is -2.25. The summed E-state index contributed by atoms with van der Waals surface area (Å²) >= 11 is 1.60. The molecule has 0 unspecified atom stereocenters. The van der Waals surface area contributed by atoms with Gasteiger partial charge in [0.15, 0.2) is 24.3 Å². The van der Waals surface area contributed by atoms with Crippen LogP contribution < -0.4 is 4.07 Å². The fourth-order valence-electron chi connectivity index (χ4n) is 1.06. The number of halogens is 4. The molecular weight excluding hydrogens is 255 g/mol. The Kier molecular flexibility index (Phi) is 4.62. The number of benzene rings is 1. The first-order valence-corrected chi connectivity index (χ1v) is 5.45. The Morgan fingerprint density at radius 1 is 1.12 bits per heavy atom. The summed E-state index contributed by atoms with van der Waals surface area (Å²) in [4.78, 5) is 0. The van der Waals surface area contributed by atoms with Crippen LogP contribution in [0.1, 0.15) is 0 Å². The number of hydrogen-bond acceptors (Lipinski definition) is 2. The Morgan fingerprint density at radius 3 is 2.06 bits per heavy atom. The third kappa shape index (κ3) is 6.01. The van der Waals surface area contributed by atoms with Crippen molar-refractivity contribution in [1.29, 1.82) is 0 Å². The van der Waals surface area contributed by atoms with E-state index in [0.29, 0.717) is 0 Å². The van der Waals surface area contributed by atoms with Gasteiger partial charge in [0.1, 0.15) is 0 Å². The lowest BCUT2D eigenvalue weighted by Gasteiger charge is -1.94. The molecule has 0 aliphatic rings. The van der Waals surface area contributed by atoms with Gasteiger partial charge in [-0.15, -0.1) is 0 Å². The largest absolute Gasteiger partial charge is 0.673 e. The van der Waals surface area contributed by atoms with E-state index in [1.165, 1.54) is 5.56 Å². The summed E-state index contributed by atoms with van der Waals surface area (Å²) < 4.78 is 40.8. The molecule has 0 atom stereocenters. The molecule has 0 amide bonds. The Hall–Kier alpha value is -1.44. The molecule has 0 N–H and O–H groups in total. The predicted molar refractivity (Wildman–Crippen MR) is 58.9 cm³/mol. The van der Waals surface area contributed by atoms with Gasteiger partial charge in [-0.25, -0.2) is 0 Å². The minimum Gasteiger partial charge on any atom is -0.418 e. The van der Waals surface area contributed by atoms with Crippen LogP contribution in [-0.2, 0) is 7.05 Å². The summed E-state index contributed by atoms with van der Waals surface area (Å²) in [5.74, 6) is 0. The van der Waals surface area contributed by atoms with E-state index in [4.69, 9.17) is 0 Å². The molecule has 1 heterocycles. The highest BCUT2D eigenvalue weighted by atomic mass is 32.1. The standard InChI is InChI=1S/C9H9N2S.BF4/c1-11-10-9(7-12-11)8-5-3-2-4-6-8;2-1(3,4)5/h2-7H,1H3;/q+1;-1. The molecule has 0 aliphatic heterocycles. The molecular formula is C9H9BF4N2S. The summed E-state index contributed by atoms with van der Waals surface area (Å²) in [5.41, 5.74) is 2.22. The molecule has 17 heavy (non-hydrogen) atoms. The molecule has 92 valence electrons. The summed E-state index contributed by atoms with van der Waals surface area (Å²) in [6.45, 7) is 0. The van der Waals surface area contributed by atoms with Crippen molar-refractivity contribution in [2.24, 2.45) is 7.05 Å². The van der Waals surface area contributed by atoms with Crippen molar-refractivity contribution in [2.75, 3.05) is 0 Å². The van der Waals surface area contributed by atoms with E-state index in [0.717, 1.165) is 5.69 Å². The summed E-state index contributed by atoms with van der Waals surface area (Å²) in [6.07, 6.45) is 0. The summed E-state index contributed by atoms with van der Waals surface area (Å²) in [7, 11) is -4.06. The monoisotopic (exact) mass is 264 g/mol. The van der Waals surface area contributed by atoms with Crippen LogP contribution in [-0.4, -0.2) is 12.4 Å². The van der Waals surface area contributed by atoms with Crippen LogP contribution in [0.3, 0.4) is 0 Å². The van der Waals surface area contributed by atoms with Crippen LogP contribution in [0.2, 0.25) is 0 Å². The van der Waals surface area contributed by atoms with Crippen molar-refractivity contribution in [3.8, 4) is 11.3 Å². The van der Waals surface area contributed by atoms with Gasteiger partial charge in [0.05, 0.1) is 5.38 Å². The van der Waals surface area contributed by atoms with E-state index in [2.05, 4.69) is 22.6 Å². The average Bonchev–Trinajstić information content (AvgIpc) is 2.64. The Labute approximate surface area is 99.8 Å². The highest BCUT2D eigenvalue weighted by Gasteiger charge is 2.20. The topological polar surface area (TPSA) is 16.8 Å². The van der Waals surface area contributed by atoms with Crippen molar-refractivity contribution in [1.82, 2.24) is 5.10 Å². The first kappa shape index (κ1) is 13.6. The molecule has 2 aromatic rings. The zero-order chi connectivity index (χ0) is 12.9. The maximum absolute atomic E-state index is 9.75. The van der Waals surface area contributed by atoms with Crippen LogP contribution in [0.15, 0.2) is 35.7 Å². The highest BCUT2D eigenvalue weighted by molar-refractivity contribution is 6.99. The van der Waals surface area contributed by atoms with E-state index in [9.17, 15) is 17.3 Å². The third-order valence-corrected chi connectivity index (χ3v) is 2.35. The summed E-state index contributed by atoms with van der Waals surface area (Å²) in [6, 6.07) is 10.2. The smallest absolute Gasteiger partial charge is 0.418 e. The number of rotatable bonds is 1. The zero-order valence-corrected chi connectivity index (χ0v) is 9.67. The number of aryl methyl sites for hydroxylation is 1. The lowest BCUT2D eigenvalue weighted by atomic mass is 10.2. The zero-order valence-electron chi connectivity index (χ0n) is 8.86. The second kappa shape index (κ2) is 5.76. The van der Waals surface area contributed by atoms with Crippen molar-refractivity contribution < 1.29 is 21.3 Å². The predicted octanol–water partition coefficient (Wildman–Crippen LogP) is 2.93. The van der Waals surface area contributed by atoms with Gasteiger partial charge in [-0.3, -0.25) is 0 Å². The van der Waals surface area contributed by atoms with Crippen LogP contribution in [0.4, 0.5) is 17.3 Å². The van der Waals surface area contributed by atoms with Crippen LogP contribution in [0.25, 0.3) is 11.3 Å². The molecule has 8 heteroatoms. The normalized spacial score (nSPS) is 10.6. The molecule has 0 spiro atoms. The number of hydrogen-bond donors (Lipinski definition) is 0. The van der Waals surface area contributed by atoms with Gasteiger partial charge in [-0.1, -0.05) is 30.3 Å². The molecule has 0 bridgehead atoms. The molecule has 1 aromatic carbocycles. The van der Waals surface area contributed by atoms with Gasteiger partial charge in [0, 0.05) is 10.7 Å². The van der Waals surface area contributed by atoms with E-state index in [-0.39, 0.29) is 0 Å². The minimum absolute atomic E-state index is 1.04. The molecule has 1 aromatic heterocycles. The Morgan fingerprint density at radius 2 is 1.65 bits per heavy atom. The van der Waals surface area contributed by atoms with E-state index in [1.807, 2.05) is 29.3 Å². The number of nitrogens with zero attached hydrogens (tertiary/aromatic N) is 2. The van der Waals surface area contributed by atoms with E-state index >= 15 is 0 Å². The first-order valence-electron chi connectivity index (χ1n) is 4.61. The van der Waals surface area contributed by atoms with Gasteiger partial charge in [0.25, 0.3) is 0 Å². The van der Waals surface area contributed by atoms with Crippen molar-refractivity contribution in [3.63, 3.8) is 0 Å². The molecule has 0 saturated carbocycles. The third-order valence-electron chi connectivity index (χ3n) is 1.63. The SMILES string of the molecule is C[n+]1nc(-c2ccccc2)cs1.F[B-](F)(F)F. The van der Waals surface area contributed by atoms with Gasteiger partial charge in [-0.05, 0) is 4.07 Å². The van der Waals surface area contributed by atoms with Gasteiger partial charge in [0.2, 0.25) is 0 Å². The lowest BCUT2D eigenvalue weighted by molar-refractivity contribution is -0.662. The van der Waals surface area contributed by atoms with Crippen LogP contribution in [0.5, 0.6) is 0 Å². The molecule has 0 saturated heterocycles. The second-order valence-corrected chi connectivity index (χ2v) is 4.01. The summed E-state index contributed by atoms with van der Waals surface area (Å²) in [5, 5.41) is 6.37. The minimum atomic E-state index is -6.00. The van der Waals surface area contributed by atoms with Gasteiger partial charge >= 0.3 is 7.25 Å². The van der Waals surface area contributed by atoms with Crippen molar-refractivity contribution in [3.05, 3.63) is 35.7 Å². The molecule has 2 rings (SSSR count). The quantitative estimate of drug-likeness (QED) is 0.439. The highest BCUT2D eigenvalue weighted by Crippen LogP contribution is 2.15. The van der Waals surface area contributed by atoms with E-state index in [1.54, 1.807) is 11.5 Å². The van der Waals surface area contributed by atoms with Crippen molar-refractivity contribution in [2.45, 2.75) is 0 Å². The average molecular weight is 264 g/mol. The second-order valence-electron chi connectivity index (χ2n) is 3.03. The van der Waals surface area contributed by atoms with Gasteiger partial charge in [-0.2, -0.15) is 0 Å². The fourth-order valence-corrected chi connectivity index (χ4v) is 1.63. The number of aromatic nitrogens is 2. The van der Waals surface area contributed by atoms with Crippen LogP contribution in [0, 0.1) is 0 Å².